The van der Waals surface area contributed by atoms with Gasteiger partial charge in [-0.05, 0) is 0 Å². The average molecular weight is 284 g/mol. The molecule has 4 heteroatoms. The van der Waals surface area contributed by atoms with Crippen molar-refractivity contribution in [3.05, 3.63) is 76.2 Å². The van der Waals surface area contributed by atoms with Crippen LogP contribution < -0.4 is 5.63 Å². The Kier molecular flexibility index (Phi) is 3.35. The van der Waals surface area contributed by atoms with E-state index in [1.54, 1.807) is 12.1 Å². The topological polar surface area (TPSA) is 43.1 Å². The molecule has 0 saturated carbocycles. The molecule has 98 valence electrons. The molecule has 0 aliphatic carbocycles. The first kappa shape index (κ1) is 12.6. The Morgan fingerprint density at radius 3 is 2.00 bits per heavy atom. The van der Waals surface area contributed by atoms with E-state index in [9.17, 15) is 4.79 Å². The van der Waals surface area contributed by atoms with E-state index in [1.807, 2.05) is 48.5 Å². The molecule has 0 spiro atoms. The van der Waals surface area contributed by atoms with Crippen LogP contribution >= 0.6 is 11.6 Å². The Labute approximate surface area is 120 Å². The van der Waals surface area contributed by atoms with Gasteiger partial charge in [-0.25, -0.2) is 9.78 Å². The Bertz CT molecular complexity index is 783. The average Bonchev–Trinajstić information content (AvgIpc) is 2.51. The van der Waals surface area contributed by atoms with Gasteiger partial charge in [0.15, 0.2) is 16.6 Å². The van der Waals surface area contributed by atoms with Gasteiger partial charge in [0.25, 0.3) is 0 Å². The fourth-order valence-electron chi connectivity index (χ4n) is 1.92. The molecule has 1 aromatic heterocycles. The number of benzene rings is 2. The molecule has 1 heterocycles. The largest absolute Gasteiger partial charge is 0.418 e. The molecule has 20 heavy (non-hydrogen) atoms. The van der Waals surface area contributed by atoms with E-state index in [4.69, 9.17) is 16.0 Å². The summed E-state index contributed by atoms with van der Waals surface area (Å²) in [5.74, 6) is 0.289. The molecule has 0 bridgehead atoms. The number of aromatic nitrogens is 1. The first-order valence-corrected chi connectivity index (χ1v) is 6.45. The Hall–Kier alpha value is -2.39. The zero-order valence-electron chi connectivity index (χ0n) is 10.4. The van der Waals surface area contributed by atoms with Crippen molar-refractivity contribution in [3.8, 4) is 22.6 Å². The van der Waals surface area contributed by atoms with Gasteiger partial charge < -0.3 is 4.42 Å². The van der Waals surface area contributed by atoms with Gasteiger partial charge in [-0.1, -0.05) is 72.3 Å². The second kappa shape index (κ2) is 5.31. The molecule has 0 radical (unpaired) electrons. The summed E-state index contributed by atoms with van der Waals surface area (Å²) in [5.41, 5.74) is 1.12. The molecule has 3 nitrogen and oxygen atoms in total. The molecule has 0 saturated heterocycles. The van der Waals surface area contributed by atoms with E-state index in [-0.39, 0.29) is 16.6 Å². The lowest BCUT2D eigenvalue weighted by atomic mass is 10.1. The second-order valence-electron chi connectivity index (χ2n) is 4.20. The van der Waals surface area contributed by atoms with Gasteiger partial charge in [0.05, 0.1) is 0 Å². The Balaban J connectivity index is 2.15. The molecule has 0 unspecified atom stereocenters. The number of rotatable bonds is 2. The summed E-state index contributed by atoms with van der Waals surface area (Å²) in [6.45, 7) is 0. The fourth-order valence-corrected chi connectivity index (χ4v) is 2.16. The third-order valence-corrected chi connectivity index (χ3v) is 3.12. The molecule has 0 aliphatic rings. The molecule has 0 N–H and O–H groups in total. The maximum absolute atomic E-state index is 12.1. The minimum Gasteiger partial charge on any atom is -0.418 e. The van der Waals surface area contributed by atoms with E-state index in [1.165, 1.54) is 0 Å². The van der Waals surface area contributed by atoms with Crippen LogP contribution in [0.3, 0.4) is 0 Å². The first-order valence-electron chi connectivity index (χ1n) is 6.07. The molecular formula is C16H10ClNO2. The lowest BCUT2D eigenvalue weighted by molar-refractivity contribution is 0.521. The predicted octanol–water partition coefficient (Wildman–Crippen LogP) is 4.02. The van der Waals surface area contributed by atoms with E-state index in [0.717, 1.165) is 5.56 Å². The molecule has 0 aliphatic heterocycles. The highest BCUT2D eigenvalue weighted by molar-refractivity contribution is 6.31. The van der Waals surface area contributed by atoms with Crippen LogP contribution in [0.1, 0.15) is 0 Å². The Morgan fingerprint density at radius 1 is 0.850 bits per heavy atom. The van der Waals surface area contributed by atoms with Crippen molar-refractivity contribution in [2.75, 3.05) is 0 Å². The maximum atomic E-state index is 12.1. The number of hydrogen-bond donors (Lipinski definition) is 0. The lowest BCUT2D eigenvalue weighted by Gasteiger charge is -2.04. The van der Waals surface area contributed by atoms with Crippen LogP contribution in [0.15, 0.2) is 69.9 Å². The van der Waals surface area contributed by atoms with Crippen LogP contribution in [0.5, 0.6) is 0 Å². The molecular weight excluding hydrogens is 274 g/mol. The molecule has 3 rings (SSSR count). The van der Waals surface area contributed by atoms with Crippen molar-refractivity contribution in [2.24, 2.45) is 0 Å². The molecule has 3 aromatic rings. The second-order valence-corrected chi connectivity index (χ2v) is 4.56. The smallest absolute Gasteiger partial charge is 0.363 e. The quantitative estimate of drug-likeness (QED) is 0.713. The van der Waals surface area contributed by atoms with Crippen LogP contribution in [-0.4, -0.2) is 4.98 Å². The Morgan fingerprint density at radius 2 is 1.40 bits per heavy atom. The van der Waals surface area contributed by atoms with Crippen molar-refractivity contribution in [2.45, 2.75) is 0 Å². The van der Waals surface area contributed by atoms with Gasteiger partial charge in [-0.2, -0.15) is 0 Å². The monoisotopic (exact) mass is 283 g/mol. The third-order valence-electron chi connectivity index (χ3n) is 2.87. The van der Waals surface area contributed by atoms with Gasteiger partial charge in [0.2, 0.25) is 0 Å². The van der Waals surface area contributed by atoms with Crippen molar-refractivity contribution >= 4 is 11.6 Å². The normalized spacial score (nSPS) is 10.4. The van der Waals surface area contributed by atoms with Gasteiger partial charge in [-0.15, -0.1) is 0 Å². The molecule has 2 aromatic carbocycles. The number of nitrogens with zero attached hydrogens (tertiary/aromatic N) is 1. The van der Waals surface area contributed by atoms with E-state index < -0.39 is 5.63 Å². The molecule has 0 amide bonds. The van der Waals surface area contributed by atoms with Crippen molar-refractivity contribution in [1.82, 2.24) is 4.98 Å². The van der Waals surface area contributed by atoms with Crippen molar-refractivity contribution < 1.29 is 4.42 Å². The highest BCUT2D eigenvalue weighted by Crippen LogP contribution is 2.26. The maximum Gasteiger partial charge on any atom is 0.363 e. The van der Waals surface area contributed by atoms with Crippen LogP contribution in [0.25, 0.3) is 22.6 Å². The lowest BCUT2D eigenvalue weighted by Crippen LogP contribution is -2.07. The molecule has 0 atom stereocenters. The van der Waals surface area contributed by atoms with Crippen molar-refractivity contribution in [1.29, 1.82) is 0 Å². The predicted molar refractivity (Wildman–Crippen MR) is 78.7 cm³/mol. The van der Waals surface area contributed by atoms with E-state index in [2.05, 4.69) is 4.98 Å². The van der Waals surface area contributed by atoms with E-state index in [0.29, 0.717) is 5.56 Å². The van der Waals surface area contributed by atoms with Crippen LogP contribution in [0.2, 0.25) is 5.15 Å². The van der Waals surface area contributed by atoms with Gasteiger partial charge in [0, 0.05) is 11.1 Å². The SMILES string of the molecule is O=c1oc(-c2ccccc2)c(Cl)nc1-c1ccccc1. The first-order chi connectivity index (χ1) is 9.75. The van der Waals surface area contributed by atoms with Gasteiger partial charge >= 0.3 is 5.63 Å². The van der Waals surface area contributed by atoms with Crippen LogP contribution in [0.4, 0.5) is 0 Å². The van der Waals surface area contributed by atoms with Crippen molar-refractivity contribution in [3.63, 3.8) is 0 Å². The van der Waals surface area contributed by atoms with E-state index >= 15 is 0 Å². The minimum absolute atomic E-state index is 0.176. The highest BCUT2D eigenvalue weighted by atomic mass is 35.5. The zero-order chi connectivity index (χ0) is 13.9. The number of hydrogen-bond acceptors (Lipinski definition) is 3. The summed E-state index contributed by atoms with van der Waals surface area (Å²) < 4.78 is 5.33. The summed E-state index contributed by atoms with van der Waals surface area (Å²) in [6, 6.07) is 18.3. The summed E-state index contributed by atoms with van der Waals surface area (Å²) >= 11 is 6.14. The minimum atomic E-state index is -0.501. The molecule has 0 fully saturated rings. The van der Waals surface area contributed by atoms with Crippen LogP contribution in [0, 0.1) is 0 Å². The summed E-state index contributed by atoms with van der Waals surface area (Å²) in [7, 11) is 0. The summed E-state index contributed by atoms with van der Waals surface area (Å²) in [6.07, 6.45) is 0. The van der Waals surface area contributed by atoms with Crippen LogP contribution in [-0.2, 0) is 0 Å². The third kappa shape index (κ3) is 2.36. The zero-order valence-corrected chi connectivity index (χ0v) is 11.2. The van der Waals surface area contributed by atoms with Gasteiger partial charge in [0.1, 0.15) is 0 Å². The summed E-state index contributed by atoms with van der Waals surface area (Å²) in [5, 5.41) is 0.176. The van der Waals surface area contributed by atoms with Gasteiger partial charge in [-0.3, -0.25) is 0 Å². The fraction of sp³-hybridized carbons (Fsp3) is 0. The standard InChI is InChI=1S/C16H10ClNO2/c17-15-14(12-9-5-2-6-10-12)20-16(19)13(18-15)11-7-3-1-4-8-11/h1-10H. The highest BCUT2D eigenvalue weighted by Gasteiger charge is 2.14. The number of halogens is 1. The summed E-state index contributed by atoms with van der Waals surface area (Å²) in [4.78, 5) is 16.3.